The van der Waals surface area contributed by atoms with Crippen LogP contribution < -0.4 is 10.2 Å². The Morgan fingerprint density at radius 2 is 1.95 bits per heavy atom. The van der Waals surface area contributed by atoms with Crippen LogP contribution in [0.15, 0.2) is 18.2 Å². The Balaban J connectivity index is 1.47. The van der Waals surface area contributed by atoms with Crippen LogP contribution in [0.3, 0.4) is 0 Å². The molecule has 1 N–H and O–H groups in total. The molecule has 21 heavy (non-hydrogen) atoms. The molecular weight excluding hydrogens is 264 g/mol. The quantitative estimate of drug-likeness (QED) is 0.907. The topological polar surface area (TPSA) is 49.4 Å². The zero-order valence-electron chi connectivity index (χ0n) is 12.3. The largest absolute Gasteiger partial charge is 0.326 e. The van der Waals surface area contributed by atoms with E-state index in [2.05, 4.69) is 5.32 Å². The highest BCUT2D eigenvalue weighted by atomic mass is 16.2. The number of fused-ring (bicyclic) bond motifs is 2. The Kier molecular flexibility index (Phi) is 2.81. The van der Waals surface area contributed by atoms with Crippen molar-refractivity contribution < 1.29 is 9.59 Å². The van der Waals surface area contributed by atoms with Gasteiger partial charge in [0.15, 0.2) is 0 Å². The third kappa shape index (κ3) is 2.23. The predicted octanol–water partition coefficient (Wildman–Crippen LogP) is 2.58. The summed E-state index contributed by atoms with van der Waals surface area (Å²) in [6, 6.07) is 5.88. The molecule has 2 saturated carbocycles. The lowest BCUT2D eigenvalue weighted by molar-refractivity contribution is -0.120. The molecular formula is C17H20N2O2. The van der Waals surface area contributed by atoms with Crippen molar-refractivity contribution in [1.82, 2.24) is 0 Å². The molecule has 2 aliphatic carbocycles. The second-order valence-electron chi connectivity index (χ2n) is 6.68. The van der Waals surface area contributed by atoms with E-state index in [1.807, 2.05) is 18.2 Å². The number of amides is 2. The molecule has 110 valence electrons. The summed E-state index contributed by atoms with van der Waals surface area (Å²) in [5, 5.41) is 3.06. The van der Waals surface area contributed by atoms with E-state index in [1.54, 1.807) is 11.8 Å². The van der Waals surface area contributed by atoms with Gasteiger partial charge in [0.05, 0.1) is 0 Å². The van der Waals surface area contributed by atoms with Crippen LogP contribution in [-0.2, 0) is 16.0 Å². The molecule has 2 unspecified atom stereocenters. The maximum atomic E-state index is 12.3. The molecule has 0 spiro atoms. The Labute approximate surface area is 124 Å². The second kappa shape index (κ2) is 4.58. The highest BCUT2D eigenvalue weighted by Gasteiger charge is 2.47. The molecule has 0 saturated heterocycles. The monoisotopic (exact) mass is 284 g/mol. The van der Waals surface area contributed by atoms with Gasteiger partial charge in [-0.05, 0) is 61.3 Å². The van der Waals surface area contributed by atoms with Gasteiger partial charge in [0, 0.05) is 30.8 Å². The van der Waals surface area contributed by atoms with E-state index in [1.165, 1.54) is 6.42 Å². The van der Waals surface area contributed by atoms with E-state index < -0.39 is 0 Å². The summed E-state index contributed by atoms with van der Waals surface area (Å²) in [6.45, 7) is 2.34. The summed E-state index contributed by atoms with van der Waals surface area (Å²) in [5.41, 5.74) is 3.00. The van der Waals surface area contributed by atoms with Gasteiger partial charge in [-0.2, -0.15) is 0 Å². The van der Waals surface area contributed by atoms with Crippen molar-refractivity contribution in [3.63, 3.8) is 0 Å². The van der Waals surface area contributed by atoms with Gasteiger partial charge < -0.3 is 10.2 Å². The number of benzene rings is 1. The average Bonchev–Trinajstić information content (AvgIpc) is 2.88. The van der Waals surface area contributed by atoms with Crippen molar-refractivity contribution in [2.45, 2.75) is 32.6 Å². The van der Waals surface area contributed by atoms with E-state index in [0.717, 1.165) is 54.6 Å². The van der Waals surface area contributed by atoms with Crippen molar-refractivity contribution in [1.29, 1.82) is 0 Å². The molecule has 3 aliphatic rings. The van der Waals surface area contributed by atoms with Crippen molar-refractivity contribution >= 4 is 23.2 Å². The number of hydrogen-bond acceptors (Lipinski definition) is 2. The van der Waals surface area contributed by atoms with Crippen LogP contribution in [0.25, 0.3) is 0 Å². The van der Waals surface area contributed by atoms with Crippen LogP contribution in [0.1, 0.15) is 31.7 Å². The molecule has 0 radical (unpaired) electrons. The average molecular weight is 284 g/mol. The summed E-state index contributed by atoms with van der Waals surface area (Å²) >= 11 is 0. The number of rotatable bonds is 2. The zero-order valence-corrected chi connectivity index (χ0v) is 12.3. The van der Waals surface area contributed by atoms with Crippen molar-refractivity contribution in [3.05, 3.63) is 23.8 Å². The minimum Gasteiger partial charge on any atom is -0.326 e. The Bertz CT molecular complexity index is 615. The van der Waals surface area contributed by atoms with Gasteiger partial charge in [-0.15, -0.1) is 0 Å². The van der Waals surface area contributed by atoms with E-state index in [-0.39, 0.29) is 17.7 Å². The Hall–Kier alpha value is -1.84. The SMILES string of the molecule is CC(=O)N1CCc2cc(NC(=O)C3CC4CC4C3)ccc21. The van der Waals surface area contributed by atoms with Crippen LogP contribution >= 0.6 is 0 Å². The van der Waals surface area contributed by atoms with Crippen LogP contribution in [0.5, 0.6) is 0 Å². The van der Waals surface area contributed by atoms with Gasteiger partial charge in [-0.1, -0.05) is 0 Å². The summed E-state index contributed by atoms with van der Waals surface area (Å²) < 4.78 is 0. The first-order valence-electron chi connectivity index (χ1n) is 7.83. The van der Waals surface area contributed by atoms with Gasteiger partial charge in [0.2, 0.25) is 11.8 Å². The lowest BCUT2D eigenvalue weighted by atomic mass is 10.0. The molecule has 1 heterocycles. The van der Waals surface area contributed by atoms with E-state index in [0.29, 0.717) is 0 Å². The maximum absolute atomic E-state index is 12.3. The van der Waals surface area contributed by atoms with E-state index >= 15 is 0 Å². The molecule has 4 heteroatoms. The minimum absolute atomic E-state index is 0.0794. The third-order valence-electron chi connectivity index (χ3n) is 5.24. The van der Waals surface area contributed by atoms with Gasteiger partial charge >= 0.3 is 0 Å². The van der Waals surface area contributed by atoms with E-state index in [4.69, 9.17) is 0 Å². The lowest BCUT2D eigenvalue weighted by Crippen LogP contribution is -2.25. The highest BCUT2D eigenvalue weighted by Crippen LogP contribution is 2.54. The van der Waals surface area contributed by atoms with Crippen LogP contribution in [0.4, 0.5) is 11.4 Å². The lowest BCUT2D eigenvalue weighted by Gasteiger charge is -2.16. The Morgan fingerprint density at radius 1 is 1.19 bits per heavy atom. The molecule has 1 aliphatic heterocycles. The molecule has 1 aromatic carbocycles. The zero-order chi connectivity index (χ0) is 14.6. The van der Waals surface area contributed by atoms with Crippen LogP contribution in [-0.4, -0.2) is 18.4 Å². The highest BCUT2D eigenvalue weighted by molar-refractivity contribution is 5.96. The van der Waals surface area contributed by atoms with Gasteiger partial charge in [0.25, 0.3) is 0 Å². The molecule has 4 nitrogen and oxygen atoms in total. The summed E-state index contributed by atoms with van der Waals surface area (Å²) in [7, 11) is 0. The first-order chi connectivity index (χ1) is 10.1. The number of carbonyl (C=O) groups excluding carboxylic acids is 2. The molecule has 2 fully saturated rings. The van der Waals surface area contributed by atoms with Crippen molar-refractivity contribution in [2.24, 2.45) is 17.8 Å². The van der Waals surface area contributed by atoms with Gasteiger partial charge in [0.1, 0.15) is 0 Å². The normalized spacial score (nSPS) is 29.0. The smallest absolute Gasteiger partial charge is 0.227 e. The summed E-state index contributed by atoms with van der Waals surface area (Å²) in [5.74, 6) is 2.10. The molecule has 0 aromatic heterocycles. The van der Waals surface area contributed by atoms with Gasteiger partial charge in [-0.25, -0.2) is 0 Å². The third-order valence-corrected chi connectivity index (χ3v) is 5.24. The summed E-state index contributed by atoms with van der Waals surface area (Å²) in [4.78, 5) is 25.6. The molecule has 0 bridgehead atoms. The van der Waals surface area contributed by atoms with E-state index in [9.17, 15) is 9.59 Å². The standard InChI is InChI=1S/C17H20N2O2/c1-10(20)19-5-4-11-9-15(2-3-16(11)19)18-17(21)14-7-12-6-13(12)8-14/h2-3,9,12-14H,4-8H2,1H3,(H,18,21). The first kappa shape index (κ1) is 12.9. The van der Waals surface area contributed by atoms with Crippen LogP contribution in [0, 0.1) is 17.8 Å². The first-order valence-corrected chi connectivity index (χ1v) is 7.83. The van der Waals surface area contributed by atoms with Crippen LogP contribution in [0.2, 0.25) is 0 Å². The predicted molar refractivity (Wildman–Crippen MR) is 81.1 cm³/mol. The summed E-state index contributed by atoms with van der Waals surface area (Å²) in [6.07, 6.45) is 4.34. The van der Waals surface area contributed by atoms with Crippen molar-refractivity contribution in [2.75, 3.05) is 16.8 Å². The molecule has 2 amide bonds. The maximum Gasteiger partial charge on any atom is 0.227 e. The fourth-order valence-electron chi connectivity index (χ4n) is 3.98. The fraction of sp³-hybridized carbons (Fsp3) is 0.529. The Morgan fingerprint density at radius 3 is 2.67 bits per heavy atom. The second-order valence-corrected chi connectivity index (χ2v) is 6.68. The van der Waals surface area contributed by atoms with Crippen molar-refractivity contribution in [3.8, 4) is 0 Å². The number of anilines is 2. The minimum atomic E-state index is 0.0794. The number of carbonyl (C=O) groups is 2. The molecule has 4 rings (SSSR count). The molecule has 1 aromatic rings. The van der Waals surface area contributed by atoms with Gasteiger partial charge in [-0.3, -0.25) is 9.59 Å². The number of nitrogens with zero attached hydrogens (tertiary/aromatic N) is 1. The fourth-order valence-corrected chi connectivity index (χ4v) is 3.98. The number of hydrogen-bond donors (Lipinski definition) is 1. The number of nitrogens with one attached hydrogen (secondary N) is 1. The molecule has 2 atom stereocenters.